The zero-order valence-electron chi connectivity index (χ0n) is 7.79. The number of carbonyl (C=O) groups excluding carboxylic acids is 1. The third kappa shape index (κ3) is 1.63. The van der Waals surface area contributed by atoms with Crippen molar-refractivity contribution in [1.29, 1.82) is 0 Å². The second kappa shape index (κ2) is 3.47. The maximum Gasteiger partial charge on any atom is 0.361 e. The first-order chi connectivity index (χ1) is 6.07. The van der Waals surface area contributed by atoms with Crippen LogP contribution in [0, 0.1) is 6.92 Å². The Kier molecular flexibility index (Phi) is 2.55. The first-order valence-corrected chi connectivity index (χ1v) is 3.92. The van der Waals surface area contributed by atoms with Gasteiger partial charge in [0.15, 0.2) is 5.69 Å². The molecule has 5 heteroatoms. The highest BCUT2D eigenvalue weighted by atomic mass is 16.5. The van der Waals surface area contributed by atoms with Crippen molar-refractivity contribution in [3.63, 3.8) is 0 Å². The van der Waals surface area contributed by atoms with E-state index >= 15 is 0 Å². The monoisotopic (exact) mass is 185 g/mol. The van der Waals surface area contributed by atoms with E-state index in [1.54, 1.807) is 6.92 Å². The molecule has 0 fully saturated rings. The molecular formula is C8H11NO4. The second-order valence-corrected chi connectivity index (χ2v) is 2.57. The highest BCUT2D eigenvalue weighted by molar-refractivity contribution is 5.88. The molecule has 0 spiro atoms. The van der Waals surface area contributed by atoms with Crippen LogP contribution in [0.3, 0.4) is 0 Å². The molecule has 0 atom stereocenters. The summed E-state index contributed by atoms with van der Waals surface area (Å²) in [5.41, 5.74) is -0.0571. The van der Waals surface area contributed by atoms with Crippen LogP contribution in [-0.4, -0.2) is 17.3 Å². The summed E-state index contributed by atoms with van der Waals surface area (Å²) in [4.78, 5) is 22.2. The van der Waals surface area contributed by atoms with Gasteiger partial charge in [0.25, 0.3) is 0 Å². The van der Waals surface area contributed by atoms with Crippen LogP contribution in [-0.2, 0) is 11.8 Å². The Labute approximate surface area is 74.9 Å². The topological polar surface area (TPSA) is 61.4 Å². The van der Waals surface area contributed by atoms with E-state index in [4.69, 9.17) is 4.74 Å². The normalized spacial score (nSPS) is 10.1. The fraction of sp³-hybridized carbons (Fsp3) is 0.500. The zero-order chi connectivity index (χ0) is 10.0. The minimum atomic E-state index is -0.534. The summed E-state index contributed by atoms with van der Waals surface area (Å²) in [5, 5.41) is 0. The van der Waals surface area contributed by atoms with Crippen LogP contribution >= 0.6 is 0 Å². The highest BCUT2D eigenvalue weighted by Crippen LogP contribution is 2.04. The van der Waals surface area contributed by atoms with Gasteiger partial charge in [-0.2, -0.15) is 0 Å². The highest BCUT2D eigenvalue weighted by Gasteiger charge is 2.19. The molecular weight excluding hydrogens is 174 g/mol. The molecule has 0 N–H and O–H groups in total. The number of aryl methyl sites for hydroxylation is 1. The van der Waals surface area contributed by atoms with Gasteiger partial charge in [0, 0.05) is 7.05 Å². The van der Waals surface area contributed by atoms with Crippen molar-refractivity contribution >= 4 is 5.97 Å². The molecule has 0 saturated heterocycles. The van der Waals surface area contributed by atoms with Crippen LogP contribution in [0.4, 0.5) is 0 Å². The Hall–Kier alpha value is -1.52. The molecule has 72 valence electrons. The minimum Gasteiger partial charge on any atom is -0.461 e. The van der Waals surface area contributed by atoms with E-state index in [0.717, 1.165) is 4.74 Å². The first kappa shape index (κ1) is 9.57. The summed E-state index contributed by atoms with van der Waals surface area (Å²) < 4.78 is 10.5. The van der Waals surface area contributed by atoms with Crippen molar-refractivity contribution in [2.75, 3.05) is 6.61 Å². The van der Waals surface area contributed by atoms with Crippen molar-refractivity contribution in [2.24, 2.45) is 7.05 Å². The summed E-state index contributed by atoms with van der Waals surface area (Å²) in [6.45, 7) is 3.50. The lowest BCUT2D eigenvalue weighted by atomic mass is 10.3. The van der Waals surface area contributed by atoms with Gasteiger partial charge in [-0.05, 0) is 13.8 Å². The molecule has 0 radical (unpaired) electrons. The maximum absolute atomic E-state index is 11.3. The van der Waals surface area contributed by atoms with Crippen molar-refractivity contribution in [2.45, 2.75) is 13.8 Å². The molecule has 1 rings (SSSR count). The van der Waals surface area contributed by atoms with Crippen molar-refractivity contribution in [3.8, 4) is 0 Å². The smallest absolute Gasteiger partial charge is 0.361 e. The standard InChI is InChI=1S/C8H11NO4/c1-4-12-8(11)6-5(2)7(10)13-9(6)3/h4H2,1-3H3. The van der Waals surface area contributed by atoms with Crippen LogP contribution in [0.15, 0.2) is 9.32 Å². The van der Waals surface area contributed by atoms with Gasteiger partial charge in [0.05, 0.1) is 12.2 Å². The quantitative estimate of drug-likeness (QED) is 0.628. The Bertz CT molecular complexity index is 374. The Balaban J connectivity index is 3.13. The van der Waals surface area contributed by atoms with Gasteiger partial charge in [-0.1, -0.05) is 0 Å². The molecule has 0 saturated carbocycles. The molecule has 13 heavy (non-hydrogen) atoms. The molecule has 0 aromatic carbocycles. The average Bonchev–Trinajstić information content (AvgIpc) is 2.27. The van der Waals surface area contributed by atoms with Gasteiger partial charge in [-0.3, -0.25) is 0 Å². The number of aromatic nitrogens is 1. The fourth-order valence-electron chi connectivity index (χ4n) is 1.05. The molecule has 1 heterocycles. The van der Waals surface area contributed by atoms with E-state index in [2.05, 4.69) is 4.52 Å². The molecule has 0 bridgehead atoms. The second-order valence-electron chi connectivity index (χ2n) is 2.57. The first-order valence-electron chi connectivity index (χ1n) is 3.92. The number of carbonyl (C=O) groups is 1. The van der Waals surface area contributed by atoms with E-state index in [0.29, 0.717) is 0 Å². The number of rotatable bonds is 2. The molecule has 1 aromatic rings. The zero-order valence-corrected chi connectivity index (χ0v) is 7.79. The van der Waals surface area contributed by atoms with Gasteiger partial charge in [0.2, 0.25) is 0 Å². The molecule has 0 unspecified atom stereocenters. The third-order valence-electron chi connectivity index (χ3n) is 1.66. The summed E-state index contributed by atoms with van der Waals surface area (Å²) in [7, 11) is 1.49. The Morgan fingerprint density at radius 3 is 2.62 bits per heavy atom. The van der Waals surface area contributed by atoms with Crippen LogP contribution in [0.5, 0.6) is 0 Å². The van der Waals surface area contributed by atoms with Gasteiger partial charge in [-0.25, -0.2) is 14.3 Å². The van der Waals surface area contributed by atoms with Gasteiger partial charge < -0.3 is 9.26 Å². The summed E-state index contributed by atoms with van der Waals surface area (Å²) in [5.74, 6) is -0.534. The lowest BCUT2D eigenvalue weighted by Crippen LogP contribution is -2.11. The number of hydrogen-bond donors (Lipinski definition) is 0. The molecule has 0 aliphatic rings. The van der Waals surface area contributed by atoms with E-state index < -0.39 is 11.6 Å². The minimum absolute atomic E-state index is 0.173. The van der Waals surface area contributed by atoms with E-state index in [9.17, 15) is 9.59 Å². The largest absolute Gasteiger partial charge is 0.461 e. The Morgan fingerprint density at radius 2 is 2.23 bits per heavy atom. The predicted molar refractivity (Wildman–Crippen MR) is 44.6 cm³/mol. The SMILES string of the molecule is CCOC(=O)c1c(C)c(=O)on1C. The van der Waals surface area contributed by atoms with E-state index in [1.807, 2.05) is 0 Å². The van der Waals surface area contributed by atoms with Crippen molar-refractivity contribution in [1.82, 2.24) is 4.74 Å². The number of hydrogen-bond acceptors (Lipinski definition) is 4. The predicted octanol–water partition coefficient (Wildman–Crippen LogP) is 0.463. The van der Waals surface area contributed by atoms with Crippen molar-refractivity contribution < 1.29 is 14.1 Å². The average molecular weight is 185 g/mol. The lowest BCUT2D eigenvalue weighted by molar-refractivity contribution is 0.0501. The molecule has 0 aliphatic heterocycles. The third-order valence-corrected chi connectivity index (χ3v) is 1.66. The summed E-state index contributed by atoms with van der Waals surface area (Å²) in [6.07, 6.45) is 0. The van der Waals surface area contributed by atoms with Crippen LogP contribution < -0.4 is 5.63 Å². The van der Waals surface area contributed by atoms with Crippen LogP contribution in [0.2, 0.25) is 0 Å². The van der Waals surface area contributed by atoms with Gasteiger partial charge in [-0.15, -0.1) is 0 Å². The van der Waals surface area contributed by atoms with E-state index in [1.165, 1.54) is 14.0 Å². The fourth-order valence-corrected chi connectivity index (χ4v) is 1.05. The number of esters is 1. The molecule has 0 amide bonds. The van der Waals surface area contributed by atoms with Crippen LogP contribution in [0.1, 0.15) is 23.0 Å². The Morgan fingerprint density at radius 1 is 1.62 bits per heavy atom. The van der Waals surface area contributed by atoms with Gasteiger partial charge in [0.1, 0.15) is 0 Å². The molecule has 5 nitrogen and oxygen atoms in total. The molecule has 1 aromatic heterocycles. The lowest BCUT2D eigenvalue weighted by Gasteiger charge is -2.00. The summed E-state index contributed by atoms with van der Waals surface area (Å²) in [6, 6.07) is 0. The van der Waals surface area contributed by atoms with Gasteiger partial charge >= 0.3 is 11.6 Å². The van der Waals surface area contributed by atoms with E-state index in [-0.39, 0.29) is 17.9 Å². The summed E-state index contributed by atoms with van der Waals surface area (Å²) >= 11 is 0. The maximum atomic E-state index is 11.3. The number of nitrogens with zero attached hydrogens (tertiary/aromatic N) is 1. The van der Waals surface area contributed by atoms with Crippen molar-refractivity contribution in [3.05, 3.63) is 21.7 Å². The molecule has 0 aliphatic carbocycles. The van der Waals surface area contributed by atoms with Crippen LogP contribution in [0.25, 0.3) is 0 Å². The number of ether oxygens (including phenoxy) is 1.